The molecule has 0 aromatic heterocycles. The molecule has 1 saturated heterocycles. The standard InChI is InChI=1S/C16H22FN3O3/c1-10(14-11(17)6-5-8-13(14)23-2)19-15(21)12-7-3-4-9-20(12)16(18)22/h5-6,8,10,12H,3-4,7,9H2,1-2H3,(H2,18,22)(H,19,21)/t10-,12-/m1/s1. The fourth-order valence-electron chi connectivity index (χ4n) is 2.97. The molecule has 0 saturated carbocycles. The molecule has 2 rings (SSSR count). The topological polar surface area (TPSA) is 84.7 Å². The van der Waals surface area contributed by atoms with Gasteiger partial charge in [-0.15, -0.1) is 0 Å². The van der Waals surface area contributed by atoms with Crippen molar-refractivity contribution in [3.63, 3.8) is 0 Å². The van der Waals surface area contributed by atoms with Crippen molar-refractivity contribution in [2.75, 3.05) is 13.7 Å². The molecule has 6 nitrogen and oxygen atoms in total. The molecule has 2 atom stereocenters. The Kier molecular flexibility index (Phi) is 5.41. The Morgan fingerprint density at radius 2 is 2.17 bits per heavy atom. The van der Waals surface area contributed by atoms with E-state index in [2.05, 4.69) is 5.32 Å². The van der Waals surface area contributed by atoms with E-state index in [1.54, 1.807) is 19.1 Å². The fourth-order valence-corrected chi connectivity index (χ4v) is 2.97. The van der Waals surface area contributed by atoms with Gasteiger partial charge < -0.3 is 20.7 Å². The molecular formula is C16H22FN3O3. The number of carbonyl (C=O) groups excluding carboxylic acids is 2. The zero-order chi connectivity index (χ0) is 17.0. The van der Waals surface area contributed by atoms with Crippen LogP contribution in [0.1, 0.15) is 37.8 Å². The molecule has 1 aliphatic rings. The zero-order valence-corrected chi connectivity index (χ0v) is 13.3. The molecule has 3 amide bonds. The fraction of sp³-hybridized carbons (Fsp3) is 0.500. The summed E-state index contributed by atoms with van der Waals surface area (Å²) in [6, 6.07) is 2.69. The van der Waals surface area contributed by atoms with Crippen LogP contribution in [0.2, 0.25) is 0 Å². The number of hydrogen-bond acceptors (Lipinski definition) is 3. The van der Waals surface area contributed by atoms with Gasteiger partial charge in [0.1, 0.15) is 17.6 Å². The number of hydrogen-bond donors (Lipinski definition) is 2. The second-order valence-electron chi connectivity index (χ2n) is 5.63. The van der Waals surface area contributed by atoms with Gasteiger partial charge in [0.05, 0.1) is 18.7 Å². The maximum Gasteiger partial charge on any atom is 0.315 e. The van der Waals surface area contributed by atoms with E-state index in [0.717, 1.165) is 12.8 Å². The minimum Gasteiger partial charge on any atom is -0.496 e. The van der Waals surface area contributed by atoms with Gasteiger partial charge in [-0.05, 0) is 38.3 Å². The third-order valence-electron chi connectivity index (χ3n) is 4.11. The van der Waals surface area contributed by atoms with Crippen LogP contribution in [0.25, 0.3) is 0 Å². The summed E-state index contributed by atoms with van der Waals surface area (Å²) in [6.45, 7) is 2.14. The Labute approximate surface area is 134 Å². The minimum atomic E-state index is -0.610. The number of piperidine rings is 1. The van der Waals surface area contributed by atoms with Gasteiger partial charge in [0.15, 0.2) is 0 Å². The van der Waals surface area contributed by atoms with Crippen LogP contribution in [0.4, 0.5) is 9.18 Å². The highest BCUT2D eigenvalue weighted by Gasteiger charge is 2.32. The summed E-state index contributed by atoms with van der Waals surface area (Å²) < 4.78 is 19.2. The first-order valence-electron chi connectivity index (χ1n) is 7.64. The van der Waals surface area contributed by atoms with E-state index in [4.69, 9.17) is 10.5 Å². The number of ether oxygens (including phenoxy) is 1. The van der Waals surface area contributed by atoms with E-state index in [1.807, 2.05) is 0 Å². The maximum atomic E-state index is 14.1. The summed E-state index contributed by atoms with van der Waals surface area (Å²) in [4.78, 5) is 25.3. The summed E-state index contributed by atoms with van der Waals surface area (Å²) in [6.07, 6.45) is 2.22. The second-order valence-corrected chi connectivity index (χ2v) is 5.63. The summed E-state index contributed by atoms with van der Waals surface area (Å²) in [5.74, 6) is -0.415. The average molecular weight is 323 g/mol. The van der Waals surface area contributed by atoms with Crippen LogP contribution < -0.4 is 15.8 Å². The Bertz CT molecular complexity index is 594. The number of rotatable bonds is 4. The van der Waals surface area contributed by atoms with Gasteiger partial charge in [-0.1, -0.05) is 6.07 Å². The van der Waals surface area contributed by atoms with E-state index < -0.39 is 23.9 Å². The third-order valence-corrected chi connectivity index (χ3v) is 4.11. The number of benzene rings is 1. The lowest BCUT2D eigenvalue weighted by atomic mass is 10.0. The number of likely N-dealkylation sites (tertiary alicyclic amines) is 1. The number of amides is 3. The van der Waals surface area contributed by atoms with Crippen LogP contribution >= 0.6 is 0 Å². The highest BCUT2D eigenvalue weighted by molar-refractivity contribution is 5.87. The summed E-state index contributed by atoms with van der Waals surface area (Å²) in [7, 11) is 1.45. The normalized spacial score (nSPS) is 19.1. The van der Waals surface area contributed by atoms with Gasteiger partial charge in [0, 0.05) is 6.54 Å². The number of nitrogens with zero attached hydrogens (tertiary/aromatic N) is 1. The van der Waals surface area contributed by atoms with Crippen molar-refractivity contribution in [1.82, 2.24) is 10.2 Å². The van der Waals surface area contributed by atoms with E-state index in [-0.39, 0.29) is 11.5 Å². The van der Waals surface area contributed by atoms with Crippen molar-refractivity contribution in [1.29, 1.82) is 0 Å². The van der Waals surface area contributed by atoms with Crippen molar-refractivity contribution in [2.45, 2.75) is 38.3 Å². The molecule has 1 heterocycles. The zero-order valence-electron chi connectivity index (χ0n) is 13.3. The van der Waals surface area contributed by atoms with E-state index in [9.17, 15) is 14.0 Å². The lowest BCUT2D eigenvalue weighted by Gasteiger charge is -2.34. The molecule has 1 aliphatic heterocycles. The quantitative estimate of drug-likeness (QED) is 0.888. The number of nitrogens with one attached hydrogen (secondary N) is 1. The molecule has 23 heavy (non-hydrogen) atoms. The monoisotopic (exact) mass is 323 g/mol. The first-order chi connectivity index (χ1) is 11.0. The predicted octanol–water partition coefficient (Wildman–Crippen LogP) is 1.94. The molecule has 0 spiro atoms. The molecule has 0 bridgehead atoms. The number of nitrogens with two attached hydrogens (primary N) is 1. The molecule has 1 aromatic carbocycles. The van der Waals surface area contributed by atoms with Crippen LogP contribution in [-0.4, -0.2) is 36.5 Å². The first-order valence-corrected chi connectivity index (χ1v) is 7.64. The number of methoxy groups -OCH3 is 1. The van der Waals surface area contributed by atoms with Crippen molar-refractivity contribution in [3.8, 4) is 5.75 Å². The van der Waals surface area contributed by atoms with Gasteiger partial charge >= 0.3 is 6.03 Å². The summed E-state index contributed by atoms with van der Waals surface area (Å²) in [5.41, 5.74) is 5.62. The number of primary amides is 1. The molecule has 126 valence electrons. The molecule has 7 heteroatoms. The largest absolute Gasteiger partial charge is 0.496 e. The van der Waals surface area contributed by atoms with Crippen molar-refractivity contribution < 1.29 is 18.7 Å². The van der Waals surface area contributed by atoms with E-state index in [0.29, 0.717) is 18.7 Å². The SMILES string of the molecule is COc1cccc(F)c1[C@@H](C)NC(=O)[C@H]1CCCCN1C(N)=O. The van der Waals surface area contributed by atoms with Gasteiger partial charge in [0.2, 0.25) is 5.91 Å². The summed E-state index contributed by atoms with van der Waals surface area (Å²) in [5, 5.41) is 2.76. The molecule has 0 aliphatic carbocycles. The molecule has 1 aromatic rings. The van der Waals surface area contributed by atoms with Crippen LogP contribution in [0, 0.1) is 5.82 Å². The van der Waals surface area contributed by atoms with Crippen molar-refractivity contribution in [3.05, 3.63) is 29.6 Å². The number of urea groups is 1. The van der Waals surface area contributed by atoms with Gasteiger partial charge in [-0.25, -0.2) is 9.18 Å². The molecule has 3 N–H and O–H groups in total. The summed E-state index contributed by atoms with van der Waals surface area (Å²) >= 11 is 0. The molecular weight excluding hydrogens is 301 g/mol. The Morgan fingerprint density at radius 3 is 2.83 bits per heavy atom. The predicted molar refractivity (Wildman–Crippen MR) is 83.4 cm³/mol. The first kappa shape index (κ1) is 17.1. The third kappa shape index (κ3) is 3.72. The maximum absolute atomic E-state index is 14.1. The average Bonchev–Trinajstić information content (AvgIpc) is 2.54. The van der Waals surface area contributed by atoms with Crippen molar-refractivity contribution >= 4 is 11.9 Å². The van der Waals surface area contributed by atoms with Crippen LogP contribution in [0.3, 0.4) is 0 Å². The van der Waals surface area contributed by atoms with Crippen LogP contribution in [0.15, 0.2) is 18.2 Å². The van der Waals surface area contributed by atoms with Gasteiger partial charge in [-0.2, -0.15) is 0 Å². The van der Waals surface area contributed by atoms with Crippen molar-refractivity contribution in [2.24, 2.45) is 5.73 Å². The molecule has 0 radical (unpaired) electrons. The number of carbonyl (C=O) groups is 2. The highest BCUT2D eigenvalue weighted by Crippen LogP contribution is 2.28. The van der Waals surface area contributed by atoms with Crippen LogP contribution in [0.5, 0.6) is 5.75 Å². The second kappa shape index (κ2) is 7.30. The van der Waals surface area contributed by atoms with Gasteiger partial charge in [0.25, 0.3) is 0 Å². The lowest BCUT2D eigenvalue weighted by Crippen LogP contribution is -2.53. The minimum absolute atomic E-state index is 0.282. The Morgan fingerprint density at radius 1 is 1.43 bits per heavy atom. The van der Waals surface area contributed by atoms with Crippen LogP contribution in [-0.2, 0) is 4.79 Å². The van der Waals surface area contributed by atoms with Gasteiger partial charge in [-0.3, -0.25) is 4.79 Å². The van der Waals surface area contributed by atoms with E-state index in [1.165, 1.54) is 18.1 Å². The molecule has 1 fully saturated rings. The number of halogens is 1. The Hall–Kier alpha value is -2.31. The van der Waals surface area contributed by atoms with E-state index >= 15 is 0 Å². The smallest absolute Gasteiger partial charge is 0.315 e. The highest BCUT2D eigenvalue weighted by atomic mass is 19.1. The lowest BCUT2D eigenvalue weighted by molar-refractivity contribution is -0.127. The Balaban J connectivity index is 2.15. The molecule has 0 unspecified atom stereocenters.